The van der Waals surface area contributed by atoms with E-state index in [4.69, 9.17) is 9.84 Å². The predicted octanol–water partition coefficient (Wildman–Crippen LogP) is -0.442. The molecule has 0 radical (unpaired) electrons. The van der Waals surface area contributed by atoms with Gasteiger partial charge in [-0.3, -0.25) is 4.79 Å². The quantitative estimate of drug-likeness (QED) is 0.619. The molecular formula is C10H13NO4. The van der Waals surface area contributed by atoms with Crippen LogP contribution in [-0.2, 0) is 4.74 Å². The molecule has 5 nitrogen and oxygen atoms in total. The van der Waals surface area contributed by atoms with Gasteiger partial charge in [0, 0.05) is 18.2 Å². The van der Waals surface area contributed by atoms with Crippen molar-refractivity contribution in [1.29, 1.82) is 0 Å². The molecule has 1 aromatic heterocycles. The Labute approximate surface area is 86.3 Å². The third-order valence-electron chi connectivity index (χ3n) is 2.60. The van der Waals surface area contributed by atoms with Crippen LogP contribution in [0.15, 0.2) is 23.1 Å². The van der Waals surface area contributed by atoms with Crippen LogP contribution in [0.4, 0.5) is 0 Å². The molecule has 3 atom stereocenters. The van der Waals surface area contributed by atoms with Crippen molar-refractivity contribution in [2.24, 2.45) is 0 Å². The second kappa shape index (κ2) is 4.14. The molecule has 82 valence electrons. The summed E-state index contributed by atoms with van der Waals surface area (Å²) < 4.78 is 5.37. The average molecular weight is 211 g/mol. The van der Waals surface area contributed by atoms with E-state index in [-0.39, 0.29) is 12.2 Å². The molecule has 1 fully saturated rings. The number of nitrogens with one attached hydrogen (secondary N) is 1. The van der Waals surface area contributed by atoms with E-state index in [0.29, 0.717) is 12.0 Å². The van der Waals surface area contributed by atoms with Gasteiger partial charge in [-0.1, -0.05) is 0 Å². The highest BCUT2D eigenvalue weighted by molar-refractivity contribution is 5.14. The first kappa shape index (κ1) is 10.4. The van der Waals surface area contributed by atoms with Crippen LogP contribution in [0.2, 0.25) is 0 Å². The lowest BCUT2D eigenvalue weighted by molar-refractivity contribution is -0.0228. The zero-order valence-corrected chi connectivity index (χ0v) is 8.09. The summed E-state index contributed by atoms with van der Waals surface area (Å²) in [6, 6.07) is 3.37. The van der Waals surface area contributed by atoms with E-state index >= 15 is 0 Å². The van der Waals surface area contributed by atoms with Gasteiger partial charge < -0.3 is 19.9 Å². The van der Waals surface area contributed by atoms with Gasteiger partial charge in [-0.25, -0.2) is 0 Å². The summed E-state index contributed by atoms with van der Waals surface area (Å²) >= 11 is 0. The van der Waals surface area contributed by atoms with Crippen LogP contribution in [0, 0.1) is 0 Å². The van der Waals surface area contributed by atoms with Crippen molar-refractivity contribution in [1.82, 2.24) is 4.98 Å². The molecule has 3 N–H and O–H groups in total. The van der Waals surface area contributed by atoms with Crippen molar-refractivity contribution < 1.29 is 14.9 Å². The third-order valence-corrected chi connectivity index (χ3v) is 2.60. The van der Waals surface area contributed by atoms with E-state index in [1.54, 1.807) is 18.3 Å². The van der Waals surface area contributed by atoms with E-state index in [1.165, 1.54) is 0 Å². The summed E-state index contributed by atoms with van der Waals surface area (Å²) in [5.41, 5.74) is 0.279. The topological polar surface area (TPSA) is 82.6 Å². The maximum atomic E-state index is 11.4. The highest BCUT2D eigenvalue weighted by Crippen LogP contribution is 2.30. The van der Waals surface area contributed by atoms with Crippen molar-refractivity contribution >= 4 is 0 Å². The number of aliphatic hydroxyl groups excluding tert-OH is 2. The monoisotopic (exact) mass is 211 g/mol. The second-order valence-corrected chi connectivity index (χ2v) is 3.60. The SMILES string of the molecule is O=c1[nH]cccc1C1C[C@@H](O)C(CO)O1. The molecule has 2 heterocycles. The lowest BCUT2D eigenvalue weighted by Gasteiger charge is -2.11. The Morgan fingerprint density at radius 1 is 1.60 bits per heavy atom. The summed E-state index contributed by atoms with van der Waals surface area (Å²) in [7, 11) is 0. The number of hydrogen-bond acceptors (Lipinski definition) is 4. The fourth-order valence-electron chi connectivity index (χ4n) is 1.78. The molecule has 1 aliphatic rings. The molecular weight excluding hydrogens is 198 g/mol. The van der Waals surface area contributed by atoms with Crippen LogP contribution in [0.25, 0.3) is 0 Å². The summed E-state index contributed by atoms with van der Waals surface area (Å²) in [5.74, 6) is 0. The van der Waals surface area contributed by atoms with Gasteiger partial charge in [0.2, 0.25) is 0 Å². The van der Waals surface area contributed by atoms with Gasteiger partial charge in [0.05, 0.1) is 18.8 Å². The molecule has 2 unspecified atom stereocenters. The van der Waals surface area contributed by atoms with Crippen molar-refractivity contribution in [2.45, 2.75) is 24.7 Å². The minimum atomic E-state index is -0.709. The number of ether oxygens (including phenoxy) is 1. The largest absolute Gasteiger partial charge is 0.394 e. The van der Waals surface area contributed by atoms with E-state index in [0.717, 1.165) is 0 Å². The first-order valence-corrected chi connectivity index (χ1v) is 4.84. The predicted molar refractivity (Wildman–Crippen MR) is 52.4 cm³/mol. The summed E-state index contributed by atoms with van der Waals surface area (Å²) in [5, 5.41) is 18.4. The molecule has 2 rings (SSSR count). The molecule has 5 heteroatoms. The fraction of sp³-hybridized carbons (Fsp3) is 0.500. The molecule has 0 aromatic carbocycles. The Hall–Kier alpha value is -1.17. The minimum Gasteiger partial charge on any atom is -0.394 e. The molecule has 15 heavy (non-hydrogen) atoms. The Kier molecular flexibility index (Phi) is 2.86. The molecule has 1 saturated heterocycles. The van der Waals surface area contributed by atoms with Gasteiger partial charge >= 0.3 is 0 Å². The normalized spacial score (nSPS) is 30.7. The van der Waals surface area contributed by atoms with E-state index in [2.05, 4.69) is 4.98 Å². The van der Waals surface area contributed by atoms with Crippen molar-refractivity contribution in [3.63, 3.8) is 0 Å². The molecule has 1 aromatic rings. The fourth-order valence-corrected chi connectivity index (χ4v) is 1.78. The van der Waals surface area contributed by atoms with E-state index < -0.39 is 18.3 Å². The van der Waals surface area contributed by atoms with Crippen LogP contribution in [0.1, 0.15) is 18.1 Å². The molecule has 0 aliphatic carbocycles. The smallest absolute Gasteiger partial charge is 0.253 e. The summed E-state index contributed by atoms with van der Waals surface area (Å²) in [6.45, 7) is -0.234. The van der Waals surface area contributed by atoms with Crippen LogP contribution < -0.4 is 5.56 Å². The average Bonchev–Trinajstić information content (AvgIpc) is 2.60. The first-order chi connectivity index (χ1) is 7.22. The highest BCUT2D eigenvalue weighted by atomic mass is 16.5. The van der Waals surface area contributed by atoms with Crippen LogP contribution in [0.5, 0.6) is 0 Å². The number of aliphatic hydroxyl groups is 2. The van der Waals surface area contributed by atoms with E-state index in [1.807, 2.05) is 0 Å². The van der Waals surface area contributed by atoms with Crippen molar-refractivity contribution in [2.75, 3.05) is 6.61 Å². The van der Waals surface area contributed by atoms with Crippen LogP contribution in [0.3, 0.4) is 0 Å². The summed E-state index contributed by atoms with van der Waals surface area (Å²) in [6.07, 6.45) is 0.162. The Balaban J connectivity index is 2.21. The number of aromatic nitrogens is 1. The lowest BCUT2D eigenvalue weighted by Crippen LogP contribution is -2.24. The Morgan fingerprint density at radius 3 is 3.00 bits per heavy atom. The number of aromatic amines is 1. The molecule has 0 bridgehead atoms. The van der Waals surface area contributed by atoms with Gasteiger partial charge in [-0.05, 0) is 12.1 Å². The Bertz CT molecular complexity index is 389. The Morgan fingerprint density at radius 2 is 2.40 bits per heavy atom. The molecule has 0 spiro atoms. The standard InChI is InChI=1S/C10H13NO4/c12-5-9-7(13)4-8(15-9)6-2-1-3-11-10(6)14/h1-3,7-9,12-13H,4-5H2,(H,11,14)/t7-,8?,9?/m1/s1. The van der Waals surface area contributed by atoms with Gasteiger partial charge in [-0.15, -0.1) is 0 Å². The van der Waals surface area contributed by atoms with Crippen molar-refractivity contribution in [3.8, 4) is 0 Å². The molecule has 0 amide bonds. The maximum absolute atomic E-state index is 11.4. The van der Waals surface area contributed by atoms with Gasteiger partial charge in [-0.2, -0.15) is 0 Å². The van der Waals surface area contributed by atoms with Gasteiger partial charge in [0.1, 0.15) is 6.10 Å². The van der Waals surface area contributed by atoms with Crippen LogP contribution in [-0.4, -0.2) is 34.0 Å². The van der Waals surface area contributed by atoms with Gasteiger partial charge in [0.25, 0.3) is 5.56 Å². The maximum Gasteiger partial charge on any atom is 0.253 e. The third kappa shape index (κ3) is 1.94. The molecule has 0 saturated carbocycles. The number of hydrogen-bond donors (Lipinski definition) is 3. The zero-order valence-electron chi connectivity index (χ0n) is 8.09. The summed E-state index contributed by atoms with van der Waals surface area (Å²) in [4.78, 5) is 14.0. The number of H-pyrrole nitrogens is 1. The van der Waals surface area contributed by atoms with Crippen molar-refractivity contribution in [3.05, 3.63) is 34.2 Å². The number of rotatable bonds is 2. The lowest BCUT2D eigenvalue weighted by atomic mass is 10.1. The second-order valence-electron chi connectivity index (χ2n) is 3.60. The zero-order chi connectivity index (χ0) is 10.8. The van der Waals surface area contributed by atoms with Crippen LogP contribution >= 0.6 is 0 Å². The minimum absolute atomic E-state index is 0.215. The first-order valence-electron chi connectivity index (χ1n) is 4.84. The highest BCUT2D eigenvalue weighted by Gasteiger charge is 2.35. The number of pyridine rings is 1. The molecule has 1 aliphatic heterocycles. The van der Waals surface area contributed by atoms with E-state index in [9.17, 15) is 9.90 Å². The van der Waals surface area contributed by atoms with Gasteiger partial charge in [0.15, 0.2) is 0 Å².